The highest BCUT2D eigenvalue weighted by Crippen LogP contribution is 2.24. The molecular weight excluding hydrogens is 248 g/mol. The van der Waals surface area contributed by atoms with Crippen LogP contribution in [0.5, 0.6) is 0 Å². The molecule has 1 fully saturated rings. The molecule has 0 aliphatic carbocycles. The minimum absolute atomic E-state index is 0.00400. The van der Waals surface area contributed by atoms with Crippen LogP contribution in [-0.2, 0) is 4.79 Å². The van der Waals surface area contributed by atoms with Gasteiger partial charge >= 0.3 is 0 Å². The second kappa shape index (κ2) is 5.21. The molecule has 7 nitrogen and oxygen atoms in total. The Morgan fingerprint density at radius 1 is 1.63 bits per heavy atom. The van der Waals surface area contributed by atoms with Crippen molar-refractivity contribution in [3.8, 4) is 0 Å². The monoisotopic (exact) mass is 264 g/mol. The number of pyridine rings is 1. The largest absolute Gasteiger partial charge is 0.354 e. The number of hydrogen-bond acceptors (Lipinski definition) is 5. The molecule has 1 aliphatic rings. The van der Waals surface area contributed by atoms with E-state index in [4.69, 9.17) is 0 Å². The predicted molar refractivity (Wildman–Crippen MR) is 70.1 cm³/mol. The highest BCUT2D eigenvalue weighted by Gasteiger charge is 2.30. The van der Waals surface area contributed by atoms with E-state index in [1.807, 2.05) is 11.8 Å². The van der Waals surface area contributed by atoms with Crippen LogP contribution in [-0.4, -0.2) is 34.9 Å². The zero-order valence-electron chi connectivity index (χ0n) is 10.9. The maximum atomic E-state index is 11.7. The fourth-order valence-electron chi connectivity index (χ4n) is 2.30. The molecule has 1 unspecified atom stereocenters. The maximum absolute atomic E-state index is 11.7. The minimum Gasteiger partial charge on any atom is -0.354 e. The van der Waals surface area contributed by atoms with Gasteiger partial charge in [0.05, 0.1) is 4.92 Å². The van der Waals surface area contributed by atoms with Crippen molar-refractivity contribution in [2.45, 2.75) is 26.3 Å². The molecular formula is C12H16N4O3. The van der Waals surface area contributed by atoms with Gasteiger partial charge in [0.2, 0.25) is 5.91 Å². The number of likely N-dealkylation sites (N-methyl/N-ethyl adjacent to an activating group) is 1. The van der Waals surface area contributed by atoms with E-state index in [0.29, 0.717) is 24.5 Å². The molecule has 0 radical (unpaired) electrons. The Balaban J connectivity index is 2.31. The molecule has 1 N–H and O–H groups in total. The van der Waals surface area contributed by atoms with E-state index in [-0.39, 0.29) is 17.6 Å². The summed E-state index contributed by atoms with van der Waals surface area (Å²) in [5.74, 6) is 0.590. The molecule has 0 spiro atoms. The van der Waals surface area contributed by atoms with Crippen LogP contribution in [0.4, 0.5) is 11.5 Å². The Kier molecular flexibility index (Phi) is 3.64. The van der Waals surface area contributed by atoms with E-state index in [1.165, 1.54) is 6.20 Å². The lowest BCUT2D eigenvalue weighted by Crippen LogP contribution is -2.41. The Morgan fingerprint density at radius 3 is 2.84 bits per heavy atom. The van der Waals surface area contributed by atoms with Crippen molar-refractivity contribution in [2.75, 3.05) is 18.0 Å². The van der Waals surface area contributed by atoms with Crippen molar-refractivity contribution < 1.29 is 9.72 Å². The van der Waals surface area contributed by atoms with Gasteiger partial charge in [-0.25, -0.2) is 4.98 Å². The van der Waals surface area contributed by atoms with Crippen LogP contribution >= 0.6 is 0 Å². The summed E-state index contributed by atoms with van der Waals surface area (Å²) in [4.78, 5) is 28.0. The SMILES string of the molecule is CCN(c1cc(C)c([N+](=O)[O-])cn1)C1CCNC1=O. The van der Waals surface area contributed by atoms with E-state index in [0.717, 1.165) is 6.42 Å². The van der Waals surface area contributed by atoms with Gasteiger partial charge in [0.15, 0.2) is 0 Å². The molecule has 2 rings (SSSR count). The number of carbonyl (C=O) groups excluding carboxylic acids is 1. The van der Waals surface area contributed by atoms with Crippen LogP contribution in [0, 0.1) is 17.0 Å². The fraction of sp³-hybridized carbons (Fsp3) is 0.500. The number of amides is 1. The molecule has 0 aromatic carbocycles. The van der Waals surface area contributed by atoms with Gasteiger partial charge in [0, 0.05) is 18.7 Å². The molecule has 1 aromatic rings. The fourth-order valence-corrected chi connectivity index (χ4v) is 2.30. The molecule has 0 saturated carbocycles. The summed E-state index contributed by atoms with van der Waals surface area (Å²) in [6, 6.07) is 1.42. The van der Waals surface area contributed by atoms with Crippen LogP contribution in [0.2, 0.25) is 0 Å². The summed E-state index contributed by atoms with van der Waals surface area (Å²) in [7, 11) is 0. The zero-order valence-corrected chi connectivity index (χ0v) is 10.9. The molecule has 1 saturated heterocycles. The Labute approximate surface area is 110 Å². The molecule has 1 aromatic heterocycles. The van der Waals surface area contributed by atoms with Crippen molar-refractivity contribution in [1.29, 1.82) is 0 Å². The summed E-state index contributed by atoms with van der Waals surface area (Å²) in [5, 5.41) is 13.6. The van der Waals surface area contributed by atoms with Crippen molar-refractivity contribution in [1.82, 2.24) is 10.3 Å². The third-order valence-corrected chi connectivity index (χ3v) is 3.30. The van der Waals surface area contributed by atoms with E-state index >= 15 is 0 Å². The van der Waals surface area contributed by atoms with Gasteiger partial charge in [-0.2, -0.15) is 0 Å². The maximum Gasteiger partial charge on any atom is 0.290 e. The van der Waals surface area contributed by atoms with E-state index in [9.17, 15) is 14.9 Å². The molecule has 19 heavy (non-hydrogen) atoms. The van der Waals surface area contributed by atoms with Crippen LogP contribution < -0.4 is 10.2 Å². The van der Waals surface area contributed by atoms with E-state index in [2.05, 4.69) is 10.3 Å². The quantitative estimate of drug-likeness (QED) is 0.647. The average molecular weight is 264 g/mol. The molecule has 1 aliphatic heterocycles. The number of rotatable bonds is 4. The highest BCUT2D eigenvalue weighted by molar-refractivity contribution is 5.87. The number of nitrogens with one attached hydrogen (secondary N) is 1. The average Bonchev–Trinajstić information content (AvgIpc) is 2.76. The van der Waals surface area contributed by atoms with Crippen LogP contribution in [0.3, 0.4) is 0 Å². The highest BCUT2D eigenvalue weighted by atomic mass is 16.6. The minimum atomic E-state index is -0.454. The van der Waals surface area contributed by atoms with Crippen molar-refractivity contribution >= 4 is 17.4 Å². The summed E-state index contributed by atoms with van der Waals surface area (Å²) >= 11 is 0. The van der Waals surface area contributed by atoms with Crippen molar-refractivity contribution in [3.05, 3.63) is 27.9 Å². The van der Waals surface area contributed by atoms with E-state index < -0.39 is 4.92 Å². The molecule has 7 heteroatoms. The Hall–Kier alpha value is -2.18. The number of anilines is 1. The van der Waals surface area contributed by atoms with Gasteiger partial charge in [-0.1, -0.05) is 0 Å². The third-order valence-electron chi connectivity index (χ3n) is 3.30. The first-order chi connectivity index (χ1) is 9.04. The number of nitrogens with zero attached hydrogens (tertiary/aromatic N) is 3. The second-order valence-corrected chi connectivity index (χ2v) is 4.47. The van der Waals surface area contributed by atoms with Crippen LogP contribution in [0.1, 0.15) is 18.9 Å². The van der Waals surface area contributed by atoms with Gasteiger partial charge in [-0.05, 0) is 26.3 Å². The molecule has 2 heterocycles. The molecule has 1 amide bonds. The van der Waals surface area contributed by atoms with Gasteiger partial charge in [-0.3, -0.25) is 14.9 Å². The number of aryl methyl sites for hydroxylation is 1. The Bertz CT molecular complexity index is 518. The summed E-state index contributed by atoms with van der Waals surface area (Å²) in [6.45, 7) is 4.89. The zero-order chi connectivity index (χ0) is 14.0. The van der Waals surface area contributed by atoms with Crippen LogP contribution in [0.15, 0.2) is 12.3 Å². The third kappa shape index (κ3) is 2.49. The molecule has 0 bridgehead atoms. The van der Waals surface area contributed by atoms with E-state index in [1.54, 1.807) is 13.0 Å². The number of nitro groups is 1. The summed E-state index contributed by atoms with van der Waals surface area (Å²) in [5.41, 5.74) is 0.544. The Morgan fingerprint density at radius 2 is 2.37 bits per heavy atom. The van der Waals surface area contributed by atoms with Crippen LogP contribution in [0.25, 0.3) is 0 Å². The molecule has 102 valence electrons. The first-order valence-corrected chi connectivity index (χ1v) is 6.20. The number of hydrogen-bond donors (Lipinski definition) is 1. The standard InChI is InChI=1S/C12H16N4O3/c1-3-15(9-4-5-13-12(9)17)11-6-8(2)10(7-14-11)16(18)19/h6-7,9H,3-5H2,1-2H3,(H,13,17). The second-order valence-electron chi connectivity index (χ2n) is 4.47. The predicted octanol–water partition coefficient (Wildman–Crippen LogP) is 1.01. The van der Waals surface area contributed by atoms with Gasteiger partial charge in [-0.15, -0.1) is 0 Å². The number of aromatic nitrogens is 1. The first-order valence-electron chi connectivity index (χ1n) is 6.20. The van der Waals surface area contributed by atoms with Gasteiger partial charge < -0.3 is 10.2 Å². The molecule has 1 atom stereocenters. The summed E-state index contributed by atoms with van der Waals surface area (Å²) in [6.07, 6.45) is 1.98. The first kappa shape index (κ1) is 13.3. The van der Waals surface area contributed by atoms with Crippen molar-refractivity contribution in [3.63, 3.8) is 0 Å². The van der Waals surface area contributed by atoms with Gasteiger partial charge in [0.1, 0.15) is 18.1 Å². The topological polar surface area (TPSA) is 88.4 Å². The van der Waals surface area contributed by atoms with Gasteiger partial charge in [0.25, 0.3) is 5.69 Å². The lowest BCUT2D eigenvalue weighted by molar-refractivity contribution is -0.385. The normalized spacial score (nSPS) is 18.2. The lowest BCUT2D eigenvalue weighted by Gasteiger charge is -2.26. The van der Waals surface area contributed by atoms with Crippen molar-refractivity contribution in [2.24, 2.45) is 0 Å². The summed E-state index contributed by atoms with van der Waals surface area (Å²) < 4.78 is 0. The number of carbonyl (C=O) groups is 1. The smallest absolute Gasteiger partial charge is 0.290 e. The lowest BCUT2D eigenvalue weighted by atomic mass is 10.2.